The molecule has 12 heavy (non-hydrogen) atoms. The number of carbonyl (C=O) groups excluding carboxylic acids is 1. The molecule has 1 rings (SSSR count). The average Bonchev–Trinajstić information content (AvgIpc) is 1.99. The lowest BCUT2D eigenvalue weighted by Crippen LogP contribution is -2.24. The second-order valence-corrected chi connectivity index (χ2v) is 4.97. The number of allylic oxidation sites excluding steroid dienone is 1. The fraction of sp³-hybridized carbons (Fsp3) is 0.700. The van der Waals surface area contributed by atoms with Gasteiger partial charge in [-0.2, -0.15) is 0 Å². The van der Waals surface area contributed by atoms with Crippen molar-refractivity contribution in [1.82, 2.24) is 0 Å². The molecule has 2 nitrogen and oxygen atoms in total. The summed E-state index contributed by atoms with van der Waals surface area (Å²) in [7, 11) is 0. The zero-order chi connectivity index (χ0) is 9.57. The summed E-state index contributed by atoms with van der Waals surface area (Å²) in [5.74, 6) is -0.273. The molecule has 0 atom stereocenters. The molecule has 2 heteroatoms. The molecular formula is C10H17NO. The van der Waals surface area contributed by atoms with Crippen LogP contribution < -0.4 is 5.73 Å². The normalized spacial score (nSPS) is 25.2. The molecule has 1 aliphatic carbocycles. The third-order valence-corrected chi connectivity index (χ3v) is 2.43. The summed E-state index contributed by atoms with van der Waals surface area (Å²) in [6.45, 7) is 8.39. The van der Waals surface area contributed by atoms with Crippen LogP contribution in [0, 0.1) is 10.8 Å². The van der Waals surface area contributed by atoms with Gasteiger partial charge in [-0.25, -0.2) is 0 Å². The third-order valence-electron chi connectivity index (χ3n) is 2.43. The monoisotopic (exact) mass is 167 g/mol. The van der Waals surface area contributed by atoms with E-state index < -0.39 is 0 Å². The van der Waals surface area contributed by atoms with Crippen molar-refractivity contribution in [1.29, 1.82) is 0 Å². The van der Waals surface area contributed by atoms with E-state index in [1.165, 1.54) is 0 Å². The number of primary amides is 1. The van der Waals surface area contributed by atoms with E-state index in [4.69, 9.17) is 5.73 Å². The van der Waals surface area contributed by atoms with Gasteiger partial charge in [-0.1, -0.05) is 33.8 Å². The van der Waals surface area contributed by atoms with Gasteiger partial charge in [0.1, 0.15) is 0 Å². The molecule has 2 N–H and O–H groups in total. The van der Waals surface area contributed by atoms with Crippen molar-refractivity contribution in [2.75, 3.05) is 0 Å². The molecule has 0 saturated heterocycles. The van der Waals surface area contributed by atoms with E-state index in [-0.39, 0.29) is 16.7 Å². The molecule has 0 radical (unpaired) electrons. The van der Waals surface area contributed by atoms with Crippen LogP contribution in [0.2, 0.25) is 0 Å². The van der Waals surface area contributed by atoms with Crippen LogP contribution in [-0.2, 0) is 4.79 Å². The first-order valence-electron chi connectivity index (χ1n) is 4.28. The molecule has 0 aromatic rings. The van der Waals surface area contributed by atoms with Gasteiger partial charge in [0.05, 0.1) is 0 Å². The van der Waals surface area contributed by atoms with Crippen LogP contribution in [0.5, 0.6) is 0 Å². The molecule has 0 saturated carbocycles. The number of nitrogens with two attached hydrogens (primary N) is 1. The Kier molecular flexibility index (Phi) is 1.82. The predicted molar refractivity (Wildman–Crippen MR) is 49.5 cm³/mol. The lowest BCUT2D eigenvalue weighted by molar-refractivity contribution is -0.115. The lowest BCUT2D eigenvalue weighted by Gasteiger charge is -2.24. The highest BCUT2D eigenvalue weighted by atomic mass is 16.1. The number of rotatable bonds is 1. The summed E-state index contributed by atoms with van der Waals surface area (Å²) in [5, 5.41) is 0. The van der Waals surface area contributed by atoms with Crippen LogP contribution in [0.25, 0.3) is 0 Å². The van der Waals surface area contributed by atoms with Crippen molar-refractivity contribution in [3.05, 3.63) is 11.6 Å². The second-order valence-electron chi connectivity index (χ2n) is 4.97. The maximum Gasteiger partial charge on any atom is 0.244 e. The Balaban J connectivity index is 3.04. The van der Waals surface area contributed by atoms with Crippen LogP contribution >= 0.6 is 0 Å². The van der Waals surface area contributed by atoms with Gasteiger partial charge in [0, 0.05) is 5.57 Å². The second kappa shape index (κ2) is 2.35. The number of hydrogen-bond acceptors (Lipinski definition) is 1. The van der Waals surface area contributed by atoms with Gasteiger partial charge in [0.15, 0.2) is 0 Å². The zero-order valence-electron chi connectivity index (χ0n) is 8.27. The maximum atomic E-state index is 11.1. The Morgan fingerprint density at radius 1 is 1.42 bits per heavy atom. The van der Waals surface area contributed by atoms with Crippen LogP contribution in [-0.4, -0.2) is 5.91 Å². The van der Waals surface area contributed by atoms with Crippen molar-refractivity contribution in [2.24, 2.45) is 16.6 Å². The molecular weight excluding hydrogens is 150 g/mol. The molecule has 1 aliphatic rings. The van der Waals surface area contributed by atoms with Crippen molar-refractivity contribution in [2.45, 2.75) is 34.1 Å². The van der Waals surface area contributed by atoms with Crippen molar-refractivity contribution in [3.8, 4) is 0 Å². The van der Waals surface area contributed by atoms with Crippen LogP contribution in [0.4, 0.5) is 0 Å². The van der Waals surface area contributed by atoms with E-state index >= 15 is 0 Å². The lowest BCUT2D eigenvalue weighted by atomic mass is 9.80. The van der Waals surface area contributed by atoms with Gasteiger partial charge < -0.3 is 5.73 Å². The van der Waals surface area contributed by atoms with E-state index in [2.05, 4.69) is 27.7 Å². The summed E-state index contributed by atoms with van der Waals surface area (Å²) in [6.07, 6.45) is 3.01. The molecule has 0 aromatic carbocycles. The summed E-state index contributed by atoms with van der Waals surface area (Å²) in [4.78, 5) is 11.1. The number of carbonyl (C=O) groups is 1. The molecule has 0 unspecified atom stereocenters. The van der Waals surface area contributed by atoms with Crippen molar-refractivity contribution in [3.63, 3.8) is 0 Å². The van der Waals surface area contributed by atoms with Gasteiger partial charge in [-0.05, 0) is 17.3 Å². The Morgan fingerprint density at radius 3 is 2.08 bits per heavy atom. The minimum absolute atomic E-state index is 0.0463. The Hall–Kier alpha value is -0.790. The molecule has 0 heterocycles. The first kappa shape index (κ1) is 9.30. The molecule has 1 amide bonds. The minimum Gasteiger partial charge on any atom is -0.366 e. The van der Waals surface area contributed by atoms with Gasteiger partial charge in [-0.15, -0.1) is 0 Å². The topological polar surface area (TPSA) is 43.1 Å². The van der Waals surface area contributed by atoms with Crippen LogP contribution in [0.1, 0.15) is 34.1 Å². The number of hydrogen-bond donors (Lipinski definition) is 1. The van der Waals surface area contributed by atoms with Crippen LogP contribution in [0.15, 0.2) is 11.6 Å². The third kappa shape index (κ3) is 1.52. The van der Waals surface area contributed by atoms with Gasteiger partial charge >= 0.3 is 0 Å². The quantitative estimate of drug-likeness (QED) is 0.636. The average molecular weight is 167 g/mol. The highest BCUT2D eigenvalue weighted by molar-refractivity contribution is 5.94. The molecule has 68 valence electrons. The molecule has 0 aromatic heterocycles. The number of amides is 1. The van der Waals surface area contributed by atoms with E-state index in [1.54, 1.807) is 0 Å². The summed E-state index contributed by atoms with van der Waals surface area (Å²) < 4.78 is 0. The van der Waals surface area contributed by atoms with E-state index in [0.717, 1.165) is 12.0 Å². The molecule has 0 fully saturated rings. The van der Waals surface area contributed by atoms with E-state index in [9.17, 15) is 4.79 Å². The van der Waals surface area contributed by atoms with Gasteiger partial charge in [0.25, 0.3) is 0 Å². The van der Waals surface area contributed by atoms with Crippen molar-refractivity contribution < 1.29 is 4.79 Å². The molecule has 0 aliphatic heterocycles. The summed E-state index contributed by atoms with van der Waals surface area (Å²) >= 11 is 0. The maximum absolute atomic E-state index is 11.1. The predicted octanol–water partition coefficient (Wildman–Crippen LogP) is 1.85. The van der Waals surface area contributed by atoms with Crippen LogP contribution in [0.3, 0.4) is 0 Å². The van der Waals surface area contributed by atoms with Gasteiger partial charge in [0.2, 0.25) is 5.91 Å². The fourth-order valence-electron chi connectivity index (χ4n) is 2.28. The summed E-state index contributed by atoms with van der Waals surface area (Å²) in [6, 6.07) is 0. The van der Waals surface area contributed by atoms with Crippen molar-refractivity contribution >= 4 is 5.91 Å². The first-order chi connectivity index (χ1) is 5.25. The fourth-order valence-corrected chi connectivity index (χ4v) is 2.28. The highest BCUT2D eigenvalue weighted by Gasteiger charge is 2.39. The Labute approximate surface area is 73.8 Å². The Morgan fingerprint density at radius 2 is 1.92 bits per heavy atom. The zero-order valence-corrected chi connectivity index (χ0v) is 8.27. The molecule has 0 spiro atoms. The molecule has 0 bridgehead atoms. The Bertz CT molecular complexity index is 249. The van der Waals surface area contributed by atoms with Gasteiger partial charge in [-0.3, -0.25) is 4.79 Å². The SMILES string of the molecule is CC1(C)C=C(C(N)=O)C(C)(C)C1. The highest BCUT2D eigenvalue weighted by Crippen LogP contribution is 2.47. The first-order valence-corrected chi connectivity index (χ1v) is 4.28. The largest absolute Gasteiger partial charge is 0.366 e. The summed E-state index contributed by atoms with van der Waals surface area (Å²) in [5.41, 5.74) is 6.14. The van der Waals surface area contributed by atoms with E-state index in [0.29, 0.717) is 0 Å². The smallest absolute Gasteiger partial charge is 0.244 e. The van der Waals surface area contributed by atoms with E-state index in [1.807, 2.05) is 6.08 Å². The minimum atomic E-state index is -0.273. The standard InChI is InChI=1S/C10H17NO/c1-9(2)5-7(8(11)12)10(3,4)6-9/h5H,6H2,1-4H3,(H2,11,12).